The molecule has 4 atom stereocenters. The van der Waals surface area contributed by atoms with Gasteiger partial charge in [-0.1, -0.05) is 0 Å². The average Bonchev–Trinajstić information content (AvgIpc) is 3.55. The van der Waals surface area contributed by atoms with Gasteiger partial charge in [0.1, 0.15) is 51.6 Å². The molecule has 0 saturated carbocycles. The van der Waals surface area contributed by atoms with E-state index in [1.54, 1.807) is 13.0 Å². The molecule has 4 aromatic rings. The van der Waals surface area contributed by atoms with Crippen molar-refractivity contribution in [1.29, 1.82) is 0 Å². The minimum atomic E-state index is -1.06. The monoisotopic (exact) mass is 756 g/mol. The first kappa shape index (κ1) is 34.8. The van der Waals surface area contributed by atoms with Crippen molar-refractivity contribution >= 4 is 34.8 Å². The number of phenols is 1. The largest absolute Gasteiger partial charge is 0.507 e. The minimum absolute atomic E-state index is 0.0982. The van der Waals surface area contributed by atoms with Crippen LogP contribution in [0, 0.1) is 6.92 Å². The molecule has 1 aromatic carbocycles. The predicted octanol–water partition coefficient (Wildman–Crippen LogP) is 5.71. The number of epoxide rings is 1. The summed E-state index contributed by atoms with van der Waals surface area (Å²) in [6.45, 7) is 6.81. The highest BCUT2D eigenvalue weighted by atomic mass is 16.7. The van der Waals surface area contributed by atoms with Gasteiger partial charge in [0.05, 0.1) is 29.7 Å². The number of fused-ring (bicyclic) bond motifs is 8. The van der Waals surface area contributed by atoms with Crippen LogP contribution >= 0.6 is 0 Å². The molecule has 5 N–H and O–H groups in total. The Hall–Kier alpha value is -5.69. The van der Waals surface area contributed by atoms with Gasteiger partial charge in [-0.2, -0.15) is 0 Å². The fraction of sp³-hybridized carbons (Fsp3) is 0.419. The molecule has 288 valence electrons. The summed E-state index contributed by atoms with van der Waals surface area (Å²) < 4.78 is 24.8. The lowest BCUT2D eigenvalue weighted by molar-refractivity contribution is -0.173. The van der Waals surface area contributed by atoms with Gasteiger partial charge >= 0.3 is 5.97 Å². The van der Waals surface area contributed by atoms with E-state index in [2.05, 4.69) is 22.2 Å². The molecule has 0 radical (unpaired) electrons. The van der Waals surface area contributed by atoms with E-state index in [9.17, 15) is 14.7 Å². The summed E-state index contributed by atoms with van der Waals surface area (Å²) in [5.41, 5.74) is 19.6. The highest BCUT2D eigenvalue weighted by molar-refractivity contribution is 5.88. The van der Waals surface area contributed by atoms with Crippen molar-refractivity contribution in [3.05, 3.63) is 91.7 Å². The summed E-state index contributed by atoms with van der Waals surface area (Å²) in [5, 5.41) is 11.6. The van der Waals surface area contributed by atoms with Crippen molar-refractivity contribution in [1.82, 2.24) is 14.9 Å². The fourth-order valence-corrected chi connectivity index (χ4v) is 9.84. The second kappa shape index (κ2) is 12.4. The quantitative estimate of drug-likeness (QED) is 0.166. The van der Waals surface area contributed by atoms with Crippen molar-refractivity contribution in [3.8, 4) is 22.8 Å². The predicted molar refractivity (Wildman–Crippen MR) is 209 cm³/mol. The number of carbonyl (C=O) groups excluding carboxylic acids is 1. The van der Waals surface area contributed by atoms with Crippen LogP contribution in [-0.2, 0) is 40.1 Å². The van der Waals surface area contributed by atoms with E-state index in [0.29, 0.717) is 67.4 Å². The Morgan fingerprint density at radius 3 is 2.73 bits per heavy atom. The Balaban J connectivity index is 0.892. The SMILES string of the molecule is Cc1cc(=O)c2c(O)c3c(cc2o1)OC(C)(C)[C@@H]1OC(=O)[C@@]2(CCC[C@@H]31)O[C@@H]2CCc1cc(N)nc2c1CCCc1c-2cc(CN2C=C3N=CC=C3C2)nc1N. The number of nitrogens with two attached hydrogens (primary N) is 2. The molecule has 13 nitrogen and oxygen atoms in total. The summed E-state index contributed by atoms with van der Waals surface area (Å²) in [5.74, 6) is 0.817. The van der Waals surface area contributed by atoms with Crippen LogP contribution in [0.5, 0.6) is 11.5 Å². The molecular weight excluding hydrogens is 713 g/mol. The zero-order valence-corrected chi connectivity index (χ0v) is 31.7. The maximum atomic E-state index is 14.1. The molecule has 2 saturated heterocycles. The maximum Gasteiger partial charge on any atom is 0.341 e. The first-order valence-electron chi connectivity index (χ1n) is 19.5. The van der Waals surface area contributed by atoms with Crippen molar-refractivity contribution in [2.24, 2.45) is 4.99 Å². The molecule has 0 bridgehead atoms. The number of aromatic hydroxyl groups is 1. The van der Waals surface area contributed by atoms with Gasteiger partial charge < -0.3 is 40.1 Å². The number of rotatable bonds is 5. The van der Waals surface area contributed by atoms with Crippen molar-refractivity contribution in [2.75, 3.05) is 18.0 Å². The van der Waals surface area contributed by atoms with Gasteiger partial charge in [0.2, 0.25) is 0 Å². The molecular formula is C43H44N6O7. The third kappa shape index (κ3) is 5.49. The zero-order chi connectivity index (χ0) is 38.7. The number of hydrogen-bond acceptors (Lipinski definition) is 13. The van der Waals surface area contributed by atoms with Crippen LogP contribution in [0.15, 0.2) is 62.0 Å². The molecule has 2 fully saturated rings. The van der Waals surface area contributed by atoms with Crippen LogP contribution in [0.3, 0.4) is 0 Å². The van der Waals surface area contributed by atoms with Crippen LogP contribution in [0.4, 0.5) is 11.6 Å². The van der Waals surface area contributed by atoms with E-state index in [0.717, 1.165) is 65.1 Å². The third-order valence-electron chi connectivity index (χ3n) is 12.5. The van der Waals surface area contributed by atoms with Crippen LogP contribution in [-0.4, -0.2) is 62.1 Å². The maximum absolute atomic E-state index is 14.1. The summed E-state index contributed by atoms with van der Waals surface area (Å²) >= 11 is 0. The van der Waals surface area contributed by atoms with Crippen LogP contribution in [0.2, 0.25) is 0 Å². The third-order valence-corrected chi connectivity index (χ3v) is 12.5. The number of hydrogen-bond donors (Lipinski definition) is 3. The summed E-state index contributed by atoms with van der Waals surface area (Å²) in [4.78, 5) is 43.4. The molecule has 6 aliphatic rings. The molecule has 10 rings (SSSR count). The minimum Gasteiger partial charge on any atom is -0.507 e. The molecule has 8 heterocycles. The Morgan fingerprint density at radius 2 is 1.89 bits per heavy atom. The van der Waals surface area contributed by atoms with Crippen molar-refractivity contribution in [2.45, 2.75) is 108 Å². The van der Waals surface area contributed by atoms with E-state index < -0.39 is 23.3 Å². The van der Waals surface area contributed by atoms with E-state index in [1.807, 2.05) is 32.2 Å². The number of ether oxygens (including phenoxy) is 3. The number of phenolic OH excluding ortho intramolecular Hbond substituents is 1. The van der Waals surface area contributed by atoms with Gasteiger partial charge in [-0.25, -0.2) is 14.8 Å². The Morgan fingerprint density at radius 1 is 1.05 bits per heavy atom. The number of nitrogens with zero attached hydrogens (tertiary/aromatic N) is 4. The lowest BCUT2D eigenvalue weighted by Crippen LogP contribution is -2.53. The second-order valence-electron chi connectivity index (χ2n) is 16.6. The number of allylic oxidation sites excluding steroid dienone is 1. The van der Waals surface area contributed by atoms with Gasteiger partial charge in [-0.3, -0.25) is 9.79 Å². The summed E-state index contributed by atoms with van der Waals surface area (Å²) in [6, 6.07) is 7.09. The Bertz CT molecular complexity index is 2540. The molecule has 1 spiro atoms. The van der Waals surface area contributed by atoms with Gasteiger partial charge in [-0.05, 0) is 101 Å². The van der Waals surface area contributed by atoms with E-state index in [1.165, 1.54) is 11.6 Å². The number of aryl methyl sites for hydroxylation is 2. The number of aromatic nitrogens is 2. The molecule has 0 unspecified atom stereocenters. The zero-order valence-electron chi connectivity index (χ0n) is 31.7. The van der Waals surface area contributed by atoms with Crippen LogP contribution in [0.25, 0.3) is 22.2 Å². The number of pyridine rings is 2. The molecule has 5 aliphatic heterocycles. The van der Waals surface area contributed by atoms with Crippen LogP contribution < -0.4 is 21.6 Å². The van der Waals surface area contributed by atoms with E-state index >= 15 is 0 Å². The fourth-order valence-electron chi connectivity index (χ4n) is 9.84. The number of benzene rings is 1. The molecule has 0 amide bonds. The standard InChI is InChI=1S/C43H44N6O7/c1-21-14-30(50)36-31(53-21)17-32-35(38(36)51)27-8-5-12-43(41(52)54-39(27)42(2,3)55-32)33(56-43)10-9-22-15-34(44)48-37-25(22)6-4-7-26-28(37)16-24(47-40(26)45)19-49-18-23-11-13-46-29(23)20-49/h11,13-17,20,27,33,39,51H,4-10,12,18-19H2,1-3H3,(H2,44,48)(H2,45,47)/t27-,33+,39+,43-/m0/s1. The summed E-state index contributed by atoms with van der Waals surface area (Å²) in [7, 11) is 0. The molecule has 13 heteroatoms. The average molecular weight is 757 g/mol. The number of aliphatic imine (C=N–C) groups is 1. The smallest absolute Gasteiger partial charge is 0.341 e. The first-order valence-corrected chi connectivity index (χ1v) is 19.5. The topological polar surface area (TPSA) is 192 Å². The van der Waals surface area contributed by atoms with Gasteiger partial charge in [0.15, 0.2) is 11.0 Å². The first-order chi connectivity index (χ1) is 26.9. The summed E-state index contributed by atoms with van der Waals surface area (Å²) in [6.07, 6.45) is 10.3. The number of nitrogen functional groups attached to an aromatic ring is 2. The highest BCUT2D eigenvalue weighted by Crippen LogP contribution is 2.54. The molecule has 3 aromatic heterocycles. The van der Waals surface area contributed by atoms with Gasteiger partial charge in [0, 0.05) is 59.3 Å². The number of anilines is 2. The van der Waals surface area contributed by atoms with Gasteiger partial charge in [0.25, 0.3) is 0 Å². The van der Waals surface area contributed by atoms with E-state index in [-0.39, 0.29) is 34.2 Å². The lowest BCUT2D eigenvalue weighted by atomic mass is 9.76. The second-order valence-corrected chi connectivity index (χ2v) is 16.6. The van der Waals surface area contributed by atoms with Crippen molar-refractivity contribution < 1.29 is 28.5 Å². The Labute approximate surface area is 323 Å². The van der Waals surface area contributed by atoms with E-state index in [4.69, 9.17) is 40.1 Å². The van der Waals surface area contributed by atoms with Gasteiger partial charge in [-0.15, -0.1) is 0 Å². The normalized spacial score (nSPS) is 25.4. The number of esters is 1. The molecule has 56 heavy (non-hydrogen) atoms. The highest BCUT2D eigenvalue weighted by Gasteiger charge is 2.65. The van der Waals surface area contributed by atoms with Crippen molar-refractivity contribution in [3.63, 3.8) is 0 Å². The lowest BCUT2D eigenvalue weighted by Gasteiger charge is -2.45. The number of carbonyl (C=O) groups is 1. The molecule has 1 aliphatic carbocycles. The van der Waals surface area contributed by atoms with Crippen LogP contribution in [0.1, 0.15) is 85.6 Å². The Kier molecular flexibility index (Phi) is 7.70.